The van der Waals surface area contributed by atoms with Crippen LogP contribution in [-0.2, 0) is 9.53 Å². The van der Waals surface area contributed by atoms with E-state index in [0.29, 0.717) is 12.5 Å². The van der Waals surface area contributed by atoms with Gasteiger partial charge in [-0.1, -0.05) is 13.8 Å². The van der Waals surface area contributed by atoms with Crippen LogP contribution in [0.25, 0.3) is 0 Å². The van der Waals surface area contributed by atoms with E-state index in [1.807, 2.05) is 13.8 Å². The molecule has 1 fully saturated rings. The summed E-state index contributed by atoms with van der Waals surface area (Å²) in [7, 11) is 0. The molecule has 1 heterocycles. The summed E-state index contributed by atoms with van der Waals surface area (Å²) in [5, 5.41) is 6.36. The second-order valence-corrected chi connectivity index (χ2v) is 6.02. The number of hydrogen-bond acceptors (Lipinski definition) is 3. The highest BCUT2D eigenvalue weighted by molar-refractivity contribution is 5.86. The minimum Gasteiger partial charge on any atom is -0.379 e. The van der Waals surface area contributed by atoms with Gasteiger partial charge in [-0.05, 0) is 45.6 Å². The van der Waals surface area contributed by atoms with E-state index in [4.69, 9.17) is 4.74 Å². The maximum atomic E-state index is 12.2. The maximum absolute atomic E-state index is 12.2. The third-order valence-electron chi connectivity index (χ3n) is 3.32. The van der Waals surface area contributed by atoms with Crippen molar-refractivity contribution < 1.29 is 9.53 Å². The topological polar surface area (TPSA) is 50.4 Å². The highest BCUT2D eigenvalue weighted by Gasteiger charge is 2.34. The van der Waals surface area contributed by atoms with Crippen molar-refractivity contribution in [1.82, 2.24) is 10.6 Å². The lowest BCUT2D eigenvalue weighted by Gasteiger charge is -2.34. The fourth-order valence-corrected chi connectivity index (χ4v) is 2.16. The molecule has 0 saturated carbocycles. The molecule has 4 nitrogen and oxygen atoms in total. The van der Waals surface area contributed by atoms with Crippen molar-refractivity contribution >= 4 is 18.3 Å². The molecule has 1 rings (SSSR count). The predicted molar refractivity (Wildman–Crippen MR) is 80.8 cm³/mol. The Labute approximate surface area is 123 Å². The first kappa shape index (κ1) is 18.7. The van der Waals surface area contributed by atoms with Gasteiger partial charge < -0.3 is 15.4 Å². The highest BCUT2D eigenvalue weighted by Crippen LogP contribution is 2.18. The summed E-state index contributed by atoms with van der Waals surface area (Å²) in [5.41, 5.74) is -0.398. The van der Waals surface area contributed by atoms with Gasteiger partial charge in [0.25, 0.3) is 0 Å². The number of hydrogen-bond donors (Lipinski definition) is 2. The van der Waals surface area contributed by atoms with E-state index in [2.05, 4.69) is 24.5 Å². The molecule has 0 aromatic heterocycles. The van der Waals surface area contributed by atoms with Gasteiger partial charge in [-0.2, -0.15) is 0 Å². The van der Waals surface area contributed by atoms with Crippen LogP contribution >= 0.6 is 12.4 Å². The standard InChI is InChI=1S/C14H28N2O2.ClH/c1-11(2)9-18-10-12(3)16-13(17)14(4)7-5-6-8-15-14;/h11-12,15H,5-10H2,1-4H3,(H,16,17);1H. The van der Waals surface area contributed by atoms with Gasteiger partial charge in [0.2, 0.25) is 5.91 Å². The fourth-order valence-electron chi connectivity index (χ4n) is 2.16. The Kier molecular flexibility index (Phi) is 8.62. The lowest BCUT2D eigenvalue weighted by Crippen LogP contribution is -2.58. The van der Waals surface area contributed by atoms with Gasteiger partial charge in [0, 0.05) is 12.6 Å². The minimum atomic E-state index is -0.398. The molecule has 1 saturated heterocycles. The summed E-state index contributed by atoms with van der Waals surface area (Å²) in [5.74, 6) is 0.633. The van der Waals surface area contributed by atoms with Crippen LogP contribution in [0.3, 0.4) is 0 Å². The first-order chi connectivity index (χ1) is 8.44. The third-order valence-corrected chi connectivity index (χ3v) is 3.32. The smallest absolute Gasteiger partial charge is 0.240 e. The van der Waals surface area contributed by atoms with Gasteiger partial charge in [-0.3, -0.25) is 4.79 Å². The first-order valence-electron chi connectivity index (χ1n) is 7.08. The molecule has 2 unspecified atom stereocenters. The Bertz CT molecular complexity index is 266. The molecule has 2 atom stereocenters. The van der Waals surface area contributed by atoms with Crippen LogP contribution in [0.4, 0.5) is 0 Å². The van der Waals surface area contributed by atoms with Gasteiger partial charge in [0.15, 0.2) is 0 Å². The molecule has 0 spiro atoms. The normalized spacial score (nSPS) is 24.7. The molecule has 0 aromatic rings. The maximum Gasteiger partial charge on any atom is 0.240 e. The zero-order chi connectivity index (χ0) is 13.6. The van der Waals surface area contributed by atoms with E-state index in [1.54, 1.807) is 0 Å². The average Bonchev–Trinajstić information content (AvgIpc) is 2.29. The molecule has 5 heteroatoms. The van der Waals surface area contributed by atoms with Crippen LogP contribution in [0.2, 0.25) is 0 Å². The molecule has 1 amide bonds. The molecule has 114 valence electrons. The zero-order valence-electron chi connectivity index (χ0n) is 12.6. The second kappa shape index (κ2) is 8.77. The van der Waals surface area contributed by atoms with Crippen molar-refractivity contribution in [3.8, 4) is 0 Å². The molecule has 1 aliphatic rings. The lowest BCUT2D eigenvalue weighted by atomic mass is 9.90. The van der Waals surface area contributed by atoms with Crippen molar-refractivity contribution in [3.05, 3.63) is 0 Å². The van der Waals surface area contributed by atoms with Crippen molar-refractivity contribution in [2.45, 2.75) is 58.5 Å². The molecular weight excluding hydrogens is 264 g/mol. The number of ether oxygens (including phenoxy) is 1. The van der Waals surface area contributed by atoms with Crippen LogP contribution in [-0.4, -0.2) is 37.2 Å². The molecule has 1 aliphatic heterocycles. The van der Waals surface area contributed by atoms with Crippen LogP contribution in [0.5, 0.6) is 0 Å². The fraction of sp³-hybridized carbons (Fsp3) is 0.929. The largest absolute Gasteiger partial charge is 0.379 e. The monoisotopic (exact) mass is 292 g/mol. The summed E-state index contributed by atoms with van der Waals surface area (Å²) in [6.45, 7) is 10.5. The summed E-state index contributed by atoms with van der Waals surface area (Å²) in [6.07, 6.45) is 3.20. The molecule has 0 aromatic carbocycles. The first-order valence-corrected chi connectivity index (χ1v) is 7.08. The van der Waals surface area contributed by atoms with E-state index < -0.39 is 5.54 Å². The summed E-state index contributed by atoms with van der Waals surface area (Å²) in [6, 6.07) is 0.0665. The van der Waals surface area contributed by atoms with Crippen molar-refractivity contribution in [1.29, 1.82) is 0 Å². The Morgan fingerprint density at radius 1 is 1.32 bits per heavy atom. The number of amides is 1. The number of piperidine rings is 1. The Hall–Kier alpha value is -0.320. The average molecular weight is 293 g/mol. The van der Waals surface area contributed by atoms with E-state index in [9.17, 15) is 4.79 Å². The number of nitrogens with one attached hydrogen (secondary N) is 2. The number of halogens is 1. The van der Waals surface area contributed by atoms with E-state index in [1.165, 1.54) is 0 Å². The van der Waals surface area contributed by atoms with Gasteiger partial charge >= 0.3 is 0 Å². The van der Waals surface area contributed by atoms with Gasteiger partial charge in [0.1, 0.15) is 0 Å². The second-order valence-electron chi connectivity index (χ2n) is 6.02. The van der Waals surface area contributed by atoms with E-state index >= 15 is 0 Å². The van der Waals surface area contributed by atoms with Crippen molar-refractivity contribution in [2.75, 3.05) is 19.8 Å². The predicted octanol–water partition coefficient (Wildman–Crippen LogP) is 2.12. The van der Waals surface area contributed by atoms with Crippen LogP contribution in [0.15, 0.2) is 0 Å². The number of rotatable bonds is 6. The third kappa shape index (κ3) is 6.59. The summed E-state index contributed by atoms with van der Waals surface area (Å²) < 4.78 is 5.54. The quantitative estimate of drug-likeness (QED) is 0.788. The Morgan fingerprint density at radius 2 is 2.00 bits per heavy atom. The molecule has 0 radical (unpaired) electrons. The number of carbonyl (C=O) groups excluding carboxylic acids is 1. The summed E-state index contributed by atoms with van der Waals surface area (Å²) in [4.78, 5) is 12.2. The highest BCUT2D eigenvalue weighted by atomic mass is 35.5. The van der Waals surface area contributed by atoms with Crippen molar-refractivity contribution in [2.24, 2.45) is 5.92 Å². The van der Waals surface area contributed by atoms with Gasteiger partial charge in [0.05, 0.1) is 12.1 Å². The zero-order valence-corrected chi connectivity index (χ0v) is 13.4. The van der Waals surface area contributed by atoms with Crippen LogP contribution in [0, 0.1) is 5.92 Å². The number of carbonyl (C=O) groups is 1. The Balaban J connectivity index is 0.00000324. The molecular formula is C14H29ClN2O2. The van der Waals surface area contributed by atoms with E-state index in [-0.39, 0.29) is 24.4 Å². The molecule has 0 aliphatic carbocycles. The van der Waals surface area contributed by atoms with E-state index in [0.717, 1.165) is 32.4 Å². The Morgan fingerprint density at radius 3 is 2.53 bits per heavy atom. The molecule has 19 heavy (non-hydrogen) atoms. The lowest BCUT2D eigenvalue weighted by molar-refractivity contribution is -0.129. The summed E-state index contributed by atoms with van der Waals surface area (Å²) >= 11 is 0. The van der Waals surface area contributed by atoms with Crippen molar-refractivity contribution in [3.63, 3.8) is 0 Å². The van der Waals surface area contributed by atoms with Gasteiger partial charge in [-0.15, -0.1) is 12.4 Å². The van der Waals surface area contributed by atoms with Gasteiger partial charge in [-0.25, -0.2) is 0 Å². The molecule has 0 bridgehead atoms. The SMILES string of the molecule is CC(C)COCC(C)NC(=O)C1(C)CCCCN1.Cl. The van der Waals surface area contributed by atoms with Crippen LogP contribution < -0.4 is 10.6 Å². The molecule has 2 N–H and O–H groups in total. The minimum absolute atomic E-state index is 0. The van der Waals surface area contributed by atoms with Crippen LogP contribution in [0.1, 0.15) is 47.0 Å².